The van der Waals surface area contributed by atoms with Gasteiger partial charge in [-0.2, -0.15) is 4.98 Å². The molecule has 6 nitrogen and oxygen atoms in total. The Kier molecular flexibility index (Phi) is 2.72. The van der Waals surface area contributed by atoms with E-state index in [2.05, 4.69) is 10.3 Å². The van der Waals surface area contributed by atoms with Crippen LogP contribution in [0, 0.1) is 10.1 Å². The Morgan fingerprint density at radius 1 is 1.56 bits per heavy atom. The smallest absolute Gasteiger partial charge is 0.295 e. The Labute approximate surface area is 91.4 Å². The summed E-state index contributed by atoms with van der Waals surface area (Å²) in [5, 5.41) is 13.2. The van der Waals surface area contributed by atoms with E-state index >= 15 is 0 Å². The lowest BCUT2D eigenvalue weighted by molar-refractivity contribution is -0.514. The summed E-state index contributed by atoms with van der Waals surface area (Å²) < 4.78 is 5.35. The second kappa shape index (κ2) is 4.18. The van der Waals surface area contributed by atoms with E-state index in [0.717, 1.165) is 5.52 Å². The maximum absolute atomic E-state index is 10.4. The van der Waals surface area contributed by atoms with Crippen LogP contribution in [0.2, 0.25) is 0 Å². The summed E-state index contributed by atoms with van der Waals surface area (Å²) in [7, 11) is 0. The van der Waals surface area contributed by atoms with Gasteiger partial charge in [0.2, 0.25) is 6.04 Å². The van der Waals surface area contributed by atoms with Crippen LogP contribution in [0.1, 0.15) is 6.92 Å². The molecule has 84 valence electrons. The summed E-state index contributed by atoms with van der Waals surface area (Å²) in [5.41, 5.74) is 1.40. The zero-order valence-corrected chi connectivity index (χ0v) is 8.71. The van der Waals surface area contributed by atoms with Crippen molar-refractivity contribution >= 4 is 17.1 Å². The lowest BCUT2D eigenvalue weighted by Crippen LogP contribution is -2.24. The quantitative estimate of drug-likeness (QED) is 0.629. The summed E-state index contributed by atoms with van der Waals surface area (Å²) in [6.07, 6.45) is 0. The SMILES string of the molecule is CC(CNc1nc2ccccc2o1)[N+](=O)[O-]. The fraction of sp³-hybridized carbons (Fsp3) is 0.300. The predicted molar refractivity (Wildman–Crippen MR) is 59.0 cm³/mol. The van der Waals surface area contributed by atoms with Gasteiger partial charge in [0, 0.05) is 11.8 Å². The van der Waals surface area contributed by atoms with Crippen LogP contribution in [0.4, 0.5) is 6.01 Å². The molecule has 1 heterocycles. The minimum Gasteiger partial charge on any atom is -0.424 e. The number of para-hydroxylation sites is 2. The molecular formula is C10H11N3O3. The molecule has 0 fully saturated rings. The largest absolute Gasteiger partial charge is 0.424 e. The first-order valence-corrected chi connectivity index (χ1v) is 4.90. The molecule has 1 unspecified atom stereocenters. The molecule has 2 rings (SSSR count). The topological polar surface area (TPSA) is 81.2 Å². The minimum absolute atomic E-state index is 0.194. The van der Waals surface area contributed by atoms with Gasteiger partial charge < -0.3 is 9.73 Å². The number of hydrogen-bond donors (Lipinski definition) is 1. The third kappa shape index (κ3) is 2.10. The summed E-state index contributed by atoms with van der Waals surface area (Å²) in [5.74, 6) is 0. The average Bonchev–Trinajstić information content (AvgIpc) is 2.68. The first kappa shape index (κ1) is 10.4. The van der Waals surface area contributed by atoms with Gasteiger partial charge in [0.25, 0.3) is 6.01 Å². The van der Waals surface area contributed by atoms with Crippen LogP contribution in [-0.4, -0.2) is 22.5 Å². The van der Waals surface area contributed by atoms with Crippen LogP contribution in [0.3, 0.4) is 0 Å². The molecule has 0 aliphatic heterocycles. The van der Waals surface area contributed by atoms with Gasteiger partial charge in [-0.1, -0.05) is 12.1 Å². The molecule has 1 aromatic carbocycles. The van der Waals surface area contributed by atoms with Gasteiger partial charge in [0.05, 0.1) is 6.54 Å². The minimum atomic E-state index is -0.671. The van der Waals surface area contributed by atoms with Crippen LogP contribution in [0.15, 0.2) is 28.7 Å². The van der Waals surface area contributed by atoms with Gasteiger partial charge in [-0.25, -0.2) is 0 Å². The molecule has 0 aliphatic carbocycles. The van der Waals surface area contributed by atoms with Crippen molar-refractivity contribution in [3.63, 3.8) is 0 Å². The molecule has 0 bridgehead atoms. The fourth-order valence-electron chi connectivity index (χ4n) is 1.26. The van der Waals surface area contributed by atoms with Gasteiger partial charge in [0.1, 0.15) is 5.52 Å². The highest BCUT2D eigenvalue weighted by Gasteiger charge is 2.13. The van der Waals surface area contributed by atoms with E-state index in [4.69, 9.17) is 4.42 Å². The monoisotopic (exact) mass is 221 g/mol. The number of nitro groups is 1. The number of nitrogens with zero attached hydrogens (tertiary/aromatic N) is 2. The molecule has 0 saturated heterocycles. The van der Waals surface area contributed by atoms with Crippen molar-refractivity contribution < 1.29 is 9.34 Å². The van der Waals surface area contributed by atoms with E-state index in [9.17, 15) is 10.1 Å². The third-order valence-electron chi connectivity index (χ3n) is 2.20. The molecule has 0 saturated carbocycles. The normalized spacial score (nSPS) is 12.6. The Bertz CT molecular complexity index is 476. The van der Waals surface area contributed by atoms with Gasteiger partial charge in [-0.05, 0) is 12.1 Å². The highest BCUT2D eigenvalue weighted by atomic mass is 16.6. The van der Waals surface area contributed by atoms with Crippen molar-refractivity contribution in [2.24, 2.45) is 0 Å². The predicted octanol–water partition coefficient (Wildman–Crippen LogP) is 1.90. The van der Waals surface area contributed by atoms with E-state index in [1.54, 1.807) is 6.07 Å². The molecule has 16 heavy (non-hydrogen) atoms. The Hall–Kier alpha value is -2.11. The van der Waals surface area contributed by atoms with Gasteiger partial charge in [-0.15, -0.1) is 0 Å². The average molecular weight is 221 g/mol. The zero-order valence-electron chi connectivity index (χ0n) is 8.71. The molecule has 1 aromatic heterocycles. The summed E-state index contributed by atoms with van der Waals surface area (Å²) >= 11 is 0. The molecule has 1 atom stereocenters. The maximum atomic E-state index is 10.4. The lowest BCUT2D eigenvalue weighted by Gasteiger charge is -2.02. The van der Waals surface area contributed by atoms with Crippen LogP contribution in [0.25, 0.3) is 11.1 Å². The summed E-state index contributed by atoms with van der Waals surface area (Å²) in [4.78, 5) is 14.2. The lowest BCUT2D eigenvalue weighted by atomic mass is 10.3. The van der Waals surface area contributed by atoms with Crippen molar-refractivity contribution in [3.05, 3.63) is 34.4 Å². The maximum Gasteiger partial charge on any atom is 0.295 e. The number of benzene rings is 1. The van der Waals surface area contributed by atoms with Gasteiger partial charge in [-0.3, -0.25) is 10.1 Å². The molecule has 0 radical (unpaired) electrons. The number of fused-ring (bicyclic) bond motifs is 1. The number of rotatable bonds is 4. The number of nitrogens with one attached hydrogen (secondary N) is 1. The van der Waals surface area contributed by atoms with Gasteiger partial charge in [0.15, 0.2) is 5.58 Å². The number of oxazole rings is 1. The van der Waals surface area contributed by atoms with Crippen LogP contribution in [-0.2, 0) is 0 Å². The van der Waals surface area contributed by atoms with Crippen LogP contribution in [0.5, 0.6) is 0 Å². The summed E-state index contributed by atoms with van der Waals surface area (Å²) in [6, 6.07) is 6.96. The number of aromatic nitrogens is 1. The van der Waals surface area contributed by atoms with Crippen molar-refractivity contribution in [1.29, 1.82) is 0 Å². The Balaban J connectivity index is 2.07. The second-order valence-corrected chi connectivity index (χ2v) is 3.50. The number of anilines is 1. The standard InChI is InChI=1S/C10H11N3O3/c1-7(13(14)15)6-11-10-12-8-4-2-3-5-9(8)16-10/h2-5,7H,6H2,1H3,(H,11,12). The molecule has 6 heteroatoms. The Morgan fingerprint density at radius 2 is 2.31 bits per heavy atom. The van der Waals surface area contributed by atoms with Crippen molar-refractivity contribution in [2.45, 2.75) is 13.0 Å². The van der Waals surface area contributed by atoms with Crippen LogP contribution < -0.4 is 5.32 Å². The summed E-state index contributed by atoms with van der Waals surface area (Å²) in [6.45, 7) is 1.72. The molecule has 0 aliphatic rings. The van der Waals surface area contributed by atoms with E-state index < -0.39 is 6.04 Å². The molecule has 2 aromatic rings. The first-order valence-electron chi connectivity index (χ1n) is 4.90. The highest BCUT2D eigenvalue weighted by molar-refractivity contribution is 5.74. The molecule has 0 amide bonds. The van der Waals surface area contributed by atoms with Crippen molar-refractivity contribution in [1.82, 2.24) is 4.98 Å². The zero-order chi connectivity index (χ0) is 11.5. The van der Waals surface area contributed by atoms with E-state index in [1.165, 1.54) is 6.92 Å². The van der Waals surface area contributed by atoms with Crippen LogP contribution >= 0.6 is 0 Å². The van der Waals surface area contributed by atoms with E-state index in [-0.39, 0.29) is 11.5 Å². The second-order valence-electron chi connectivity index (χ2n) is 3.50. The van der Waals surface area contributed by atoms with Crippen molar-refractivity contribution in [2.75, 3.05) is 11.9 Å². The fourth-order valence-corrected chi connectivity index (χ4v) is 1.26. The molecular weight excluding hydrogens is 210 g/mol. The van der Waals surface area contributed by atoms with Gasteiger partial charge >= 0.3 is 0 Å². The Morgan fingerprint density at radius 3 is 3.00 bits per heavy atom. The van der Waals surface area contributed by atoms with Crippen molar-refractivity contribution in [3.8, 4) is 0 Å². The first-order chi connectivity index (χ1) is 7.66. The number of hydrogen-bond acceptors (Lipinski definition) is 5. The third-order valence-corrected chi connectivity index (χ3v) is 2.20. The molecule has 1 N–H and O–H groups in total. The van der Waals surface area contributed by atoms with E-state index in [1.807, 2.05) is 18.2 Å². The molecule has 0 spiro atoms. The highest BCUT2D eigenvalue weighted by Crippen LogP contribution is 2.17. The van der Waals surface area contributed by atoms with E-state index in [0.29, 0.717) is 11.6 Å².